The monoisotopic (exact) mass is 270 g/mol. The second kappa shape index (κ2) is 5.88. The molecule has 1 saturated carbocycles. The summed E-state index contributed by atoms with van der Waals surface area (Å²) in [6.45, 7) is 2.26. The number of benzene rings is 1. The van der Waals surface area contributed by atoms with E-state index in [0.29, 0.717) is 5.92 Å². The third kappa shape index (κ3) is 2.68. The maximum absolute atomic E-state index is 10.6. The fourth-order valence-corrected chi connectivity index (χ4v) is 3.27. The van der Waals surface area contributed by atoms with Crippen LogP contribution in [0, 0.1) is 11.8 Å². The predicted octanol–water partition coefficient (Wildman–Crippen LogP) is 3.88. The summed E-state index contributed by atoms with van der Waals surface area (Å²) in [5.74, 6) is 1.19. The van der Waals surface area contributed by atoms with E-state index in [1.54, 1.807) is 6.20 Å². The lowest BCUT2D eigenvalue weighted by molar-refractivity contribution is 0.0696. The van der Waals surface area contributed by atoms with Gasteiger partial charge in [0.2, 0.25) is 0 Å². The highest BCUT2D eigenvalue weighted by atomic mass is 16.3. The van der Waals surface area contributed by atoms with Crippen molar-refractivity contribution in [2.24, 2.45) is 11.8 Å². The molecule has 0 aliphatic heterocycles. The Kier molecular flexibility index (Phi) is 3.97. The molecule has 20 heavy (non-hydrogen) atoms. The van der Waals surface area contributed by atoms with Gasteiger partial charge in [0.15, 0.2) is 0 Å². The zero-order chi connectivity index (χ0) is 13.9. The number of aliphatic hydroxyl groups is 1. The van der Waals surface area contributed by atoms with Crippen molar-refractivity contribution in [1.82, 2.24) is 9.97 Å². The van der Waals surface area contributed by atoms with Gasteiger partial charge in [0, 0.05) is 0 Å². The summed E-state index contributed by atoms with van der Waals surface area (Å²) >= 11 is 0. The van der Waals surface area contributed by atoms with Crippen LogP contribution in [0.3, 0.4) is 0 Å². The average molecular weight is 270 g/mol. The Morgan fingerprint density at radius 2 is 1.85 bits per heavy atom. The van der Waals surface area contributed by atoms with E-state index in [-0.39, 0.29) is 0 Å². The molecule has 1 aliphatic rings. The molecule has 2 aromatic rings. The molecule has 3 rings (SSSR count). The lowest BCUT2D eigenvalue weighted by Gasteiger charge is -2.30. The summed E-state index contributed by atoms with van der Waals surface area (Å²) in [6.07, 6.45) is 7.21. The van der Waals surface area contributed by atoms with Crippen LogP contribution in [0.15, 0.2) is 30.5 Å². The first-order chi connectivity index (χ1) is 9.78. The third-order valence-electron chi connectivity index (χ3n) is 4.69. The predicted molar refractivity (Wildman–Crippen MR) is 80.2 cm³/mol. The highest BCUT2D eigenvalue weighted by Crippen LogP contribution is 2.37. The molecule has 1 N–H and O–H groups in total. The minimum Gasteiger partial charge on any atom is -0.386 e. The minimum absolute atomic E-state index is 0.341. The van der Waals surface area contributed by atoms with Gasteiger partial charge < -0.3 is 5.11 Å². The highest BCUT2D eigenvalue weighted by Gasteiger charge is 2.27. The summed E-state index contributed by atoms with van der Waals surface area (Å²) in [7, 11) is 0. The summed E-state index contributed by atoms with van der Waals surface area (Å²) in [5.41, 5.74) is 2.48. The SMILES string of the molecule is CCC1CCC(C(O)c2cnc3ccccc3n2)CC1. The quantitative estimate of drug-likeness (QED) is 0.920. The number of fused-ring (bicyclic) bond motifs is 1. The van der Waals surface area contributed by atoms with Crippen molar-refractivity contribution in [2.75, 3.05) is 0 Å². The molecule has 1 aromatic heterocycles. The van der Waals surface area contributed by atoms with Gasteiger partial charge in [-0.2, -0.15) is 0 Å². The summed E-state index contributed by atoms with van der Waals surface area (Å²) in [5, 5.41) is 10.6. The van der Waals surface area contributed by atoms with Gasteiger partial charge in [-0.25, -0.2) is 4.98 Å². The fraction of sp³-hybridized carbons (Fsp3) is 0.529. The molecule has 1 aliphatic carbocycles. The molecule has 3 heteroatoms. The van der Waals surface area contributed by atoms with Gasteiger partial charge in [0.25, 0.3) is 0 Å². The molecule has 0 spiro atoms. The largest absolute Gasteiger partial charge is 0.386 e. The summed E-state index contributed by atoms with van der Waals surface area (Å²) < 4.78 is 0. The van der Waals surface area contributed by atoms with E-state index < -0.39 is 6.10 Å². The molecule has 1 aromatic carbocycles. The first-order valence-corrected chi connectivity index (χ1v) is 7.67. The number of hydrogen-bond donors (Lipinski definition) is 1. The van der Waals surface area contributed by atoms with E-state index in [1.165, 1.54) is 19.3 Å². The van der Waals surface area contributed by atoms with E-state index >= 15 is 0 Å². The Bertz CT molecular complexity index is 576. The van der Waals surface area contributed by atoms with Crippen LogP contribution in [0.4, 0.5) is 0 Å². The summed E-state index contributed by atoms with van der Waals surface area (Å²) in [4.78, 5) is 8.98. The number of rotatable bonds is 3. The number of nitrogens with zero attached hydrogens (tertiary/aromatic N) is 2. The van der Waals surface area contributed by atoms with Crippen LogP contribution < -0.4 is 0 Å². The van der Waals surface area contributed by atoms with Crippen LogP contribution in [0.5, 0.6) is 0 Å². The number of para-hydroxylation sites is 2. The molecule has 106 valence electrons. The second-order valence-corrected chi connectivity index (χ2v) is 5.92. The van der Waals surface area contributed by atoms with Gasteiger partial charge in [-0.15, -0.1) is 0 Å². The van der Waals surface area contributed by atoms with Gasteiger partial charge in [-0.05, 0) is 36.8 Å². The lowest BCUT2D eigenvalue weighted by atomic mass is 9.78. The molecule has 0 amide bonds. The molecule has 1 heterocycles. The van der Waals surface area contributed by atoms with Gasteiger partial charge in [-0.3, -0.25) is 4.98 Å². The van der Waals surface area contributed by atoms with Gasteiger partial charge in [0.1, 0.15) is 6.10 Å². The first kappa shape index (κ1) is 13.5. The Balaban J connectivity index is 1.77. The van der Waals surface area contributed by atoms with E-state index in [4.69, 9.17) is 0 Å². The van der Waals surface area contributed by atoms with E-state index in [9.17, 15) is 5.11 Å². The third-order valence-corrected chi connectivity index (χ3v) is 4.69. The van der Waals surface area contributed by atoms with E-state index in [0.717, 1.165) is 35.5 Å². The molecule has 0 saturated heterocycles. The van der Waals surface area contributed by atoms with Gasteiger partial charge >= 0.3 is 0 Å². The topological polar surface area (TPSA) is 46.0 Å². The minimum atomic E-state index is -0.468. The van der Waals surface area contributed by atoms with Crippen LogP contribution in [0.1, 0.15) is 50.8 Å². The second-order valence-electron chi connectivity index (χ2n) is 5.92. The molecule has 1 fully saturated rings. The maximum Gasteiger partial charge on any atom is 0.100 e. The molecular weight excluding hydrogens is 248 g/mol. The number of hydrogen-bond acceptors (Lipinski definition) is 3. The maximum atomic E-state index is 10.6. The van der Waals surface area contributed by atoms with E-state index in [2.05, 4.69) is 16.9 Å². The van der Waals surface area contributed by atoms with Crippen LogP contribution in [-0.4, -0.2) is 15.1 Å². The number of aromatic nitrogens is 2. The standard InChI is InChI=1S/C17H22N2O/c1-2-12-7-9-13(10-8-12)17(20)16-11-18-14-5-3-4-6-15(14)19-16/h3-6,11-13,17,20H,2,7-10H2,1H3. The first-order valence-electron chi connectivity index (χ1n) is 7.67. The van der Waals surface area contributed by atoms with Crippen LogP contribution >= 0.6 is 0 Å². The smallest absolute Gasteiger partial charge is 0.100 e. The Hall–Kier alpha value is -1.48. The normalized spacial score (nSPS) is 24.7. The average Bonchev–Trinajstić information content (AvgIpc) is 2.54. The van der Waals surface area contributed by atoms with Gasteiger partial charge in [0.05, 0.1) is 22.9 Å². The van der Waals surface area contributed by atoms with Crippen molar-refractivity contribution in [3.63, 3.8) is 0 Å². The zero-order valence-electron chi connectivity index (χ0n) is 12.0. The molecule has 1 atom stereocenters. The molecule has 1 unspecified atom stereocenters. The van der Waals surface area contributed by atoms with Crippen molar-refractivity contribution < 1.29 is 5.11 Å². The number of aliphatic hydroxyl groups excluding tert-OH is 1. The molecule has 0 radical (unpaired) electrons. The molecule has 0 bridgehead atoms. The Labute approximate surface area is 120 Å². The molecule has 3 nitrogen and oxygen atoms in total. The zero-order valence-corrected chi connectivity index (χ0v) is 12.0. The Morgan fingerprint density at radius 3 is 2.55 bits per heavy atom. The Morgan fingerprint density at radius 1 is 1.15 bits per heavy atom. The summed E-state index contributed by atoms with van der Waals surface area (Å²) in [6, 6.07) is 7.82. The van der Waals surface area contributed by atoms with Crippen molar-refractivity contribution in [2.45, 2.75) is 45.1 Å². The van der Waals surface area contributed by atoms with E-state index in [1.807, 2.05) is 24.3 Å². The molecular formula is C17H22N2O. The van der Waals surface area contributed by atoms with Gasteiger partial charge in [-0.1, -0.05) is 38.3 Å². The van der Waals surface area contributed by atoms with Crippen molar-refractivity contribution in [3.05, 3.63) is 36.2 Å². The highest BCUT2D eigenvalue weighted by molar-refractivity contribution is 5.73. The lowest BCUT2D eigenvalue weighted by Crippen LogP contribution is -2.21. The van der Waals surface area contributed by atoms with Crippen molar-refractivity contribution in [3.8, 4) is 0 Å². The fourth-order valence-electron chi connectivity index (χ4n) is 3.27. The van der Waals surface area contributed by atoms with Crippen molar-refractivity contribution >= 4 is 11.0 Å². The van der Waals surface area contributed by atoms with Crippen LogP contribution in [-0.2, 0) is 0 Å². The van der Waals surface area contributed by atoms with Crippen molar-refractivity contribution in [1.29, 1.82) is 0 Å². The van der Waals surface area contributed by atoms with Crippen LogP contribution in [0.2, 0.25) is 0 Å². The van der Waals surface area contributed by atoms with Crippen LogP contribution in [0.25, 0.3) is 11.0 Å².